The molecule has 0 saturated carbocycles. The van der Waals surface area contributed by atoms with Gasteiger partial charge in [-0.2, -0.15) is 0 Å². The molecule has 0 spiro atoms. The number of aryl methyl sites for hydroxylation is 1. The first-order valence-electron chi connectivity index (χ1n) is 10.8. The van der Waals surface area contributed by atoms with E-state index in [-0.39, 0.29) is 17.3 Å². The SMILES string of the molecule is CCCN1c2cc(F)c(/C=C3/SC(=Nc4cccc(C)c4)NC3=O)cc2C(C)=CC1(C)C. The summed E-state index contributed by atoms with van der Waals surface area (Å²) in [6.45, 7) is 11.3. The van der Waals surface area contributed by atoms with Crippen molar-refractivity contribution >= 4 is 45.9 Å². The number of benzene rings is 2. The Hall–Kier alpha value is -2.86. The minimum atomic E-state index is -0.333. The number of amidine groups is 1. The van der Waals surface area contributed by atoms with Gasteiger partial charge in [0, 0.05) is 23.4 Å². The maximum atomic E-state index is 15.2. The highest BCUT2D eigenvalue weighted by Gasteiger charge is 2.32. The third-order valence-electron chi connectivity index (χ3n) is 5.71. The number of allylic oxidation sites excluding steroid dienone is 1. The second kappa shape index (κ2) is 8.58. The minimum Gasteiger partial charge on any atom is -0.362 e. The van der Waals surface area contributed by atoms with Crippen molar-refractivity contribution in [1.82, 2.24) is 5.32 Å². The summed E-state index contributed by atoms with van der Waals surface area (Å²) < 4.78 is 15.2. The van der Waals surface area contributed by atoms with Crippen LogP contribution in [0.3, 0.4) is 0 Å². The van der Waals surface area contributed by atoms with Gasteiger partial charge in [0.25, 0.3) is 5.91 Å². The van der Waals surface area contributed by atoms with Crippen LogP contribution in [0.2, 0.25) is 0 Å². The van der Waals surface area contributed by atoms with Gasteiger partial charge < -0.3 is 10.2 Å². The van der Waals surface area contributed by atoms with Gasteiger partial charge in [0.2, 0.25) is 0 Å². The number of hydrogen-bond donors (Lipinski definition) is 1. The summed E-state index contributed by atoms with van der Waals surface area (Å²) in [6.07, 6.45) is 4.82. The van der Waals surface area contributed by atoms with Gasteiger partial charge in [0.05, 0.1) is 16.1 Å². The molecule has 0 radical (unpaired) electrons. The first kappa shape index (κ1) is 22.3. The first-order chi connectivity index (χ1) is 15.2. The number of carbonyl (C=O) groups excluding carboxylic acids is 1. The summed E-state index contributed by atoms with van der Waals surface area (Å²) in [6, 6.07) is 11.2. The highest BCUT2D eigenvalue weighted by atomic mass is 32.2. The average molecular weight is 450 g/mol. The van der Waals surface area contributed by atoms with Crippen molar-refractivity contribution in [1.29, 1.82) is 0 Å². The monoisotopic (exact) mass is 449 g/mol. The smallest absolute Gasteiger partial charge is 0.264 e. The topological polar surface area (TPSA) is 44.7 Å². The molecule has 2 aromatic rings. The molecular weight excluding hydrogens is 421 g/mol. The lowest BCUT2D eigenvalue weighted by Gasteiger charge is -2.43. The van der Waals surface area contributed by atoms with Crippen molar-refractivity contribution in [3.63, 3.8) is 0 Å². The van der Waals surface area contributed by atoms with Gasteiger partial charge in [-0.25, -0.2) is 9.38 Å². The number of hydrogen-bond acceptors (Lipinski definition) is 4. The highest BCUT2D eigenvalue weighted by molar-refractivity contribution is 8.18. The Morgan fingerprint density at radius 2 is 2.00 bits per heavy atom. The number of nitrogens with one attached hydrogen (secondary N) is 1. The second-order valence-corrected chi connectivity index (χ2v) is 9.87. The Bertz CT molecular complexity index is 1180. The van der Waals surface area contributed by atoms with Gasteiger partial charge in [-0.05, 0) is 87.4 Å². The van der Waals surface area contributed by atoms with Gasteiger partial charge in [-0.1, -0.05) is 25.1 Å². The molecule has 6 heteroatoms. The summed E-state index contributed by atoms with van der Waals surface area (Å²) in [4.78, 5) is 19.7. The number of anilines is 1. The van der Waals surface area contributed by atoms with E-state index < -0.39 is 0 Å². The third-order valence-corrected chi connectivity index (χ3v) is 6.62. The predicted molar refractivity (Wildman–Crippen MR) is 134 cm³/mol. The van der Waals surface area contributed by atoms with Gasteiger partial charge in [-0.15, -0.1) is 0 Å². The zero-order chi connectivity index (χ0) is 23.0. The van der Waals surface area contributed by atoms with Crippen LogP contribution in [0.4, 0.5) is 15.8 Å². The number of amides is 1. The normalized spacial score (nSPS) is 19.9. The molecule has 0 unspecified atom stereocenters. The number of rotatable bonds is 4. The van der Waals surface area contributed by atoms with Gasteiger partial charge >= 0.3 is 0 Å². The van der Waals surface area contributed by atoms with Crippen LogP contribution in [0, 0.1) is 12.7 Å². The lowest BCUT2D eigenvalue weighted by Crippen LogP contribution is -2.45. The van der Waals surface area contributed by atoms with Crippen molar-refractivity contribution in [3.05, 3.63) is 69.9 Å². The van der Waals surface area contributed by atoms with Gasteiger partial charge in [0.1, 0.15) is 5.82 Å². The zero-order valence-corrected chi connectivity index (χ0v) is 19.9. The summed E-state index contributed by atoms with van der Waals surface area (Å²) in [5.74, 6) is -0.597. The zero-order valence-electron chi connectivity index (χ0n) is 19.1. The Morgan fingerprint density at radius 3 is 2.72 bits per heavy atom. The molecule has 1 saturated heterocycles. The van der Waals surface area contributed by atoms with Crippen LogP contribution in [-0.4, -0.2) is 23.2 Å². The maximum absolute atomic E-state index is 15.2. The highest BCUT2D eigenvalue weighted by Crippen LogP contribution is 2.41. The van der Waals surface area contributed by atoms with Gasteiger partial charge in [-0.3, -0.25) is 4.79 Å². The molecule has 4 nitrogen and oxygen atoms in total. The molecule has 0 bridgehead atoms. The van der Waals surface area contributed by atoms with E-state index in [0.29, 0.717) is 15.6 Å². The average Bonchev–Trinajstić information content (AvgIpc) is 3.04. The summed E-state index contributed by atoms with van der Waals surface area (Å²) in [7, 11) is 0. The molecule has 2 aliphatic heterocycles. The lowest BCUT2D eigenvalue weighted by atomic mass is 9.87. The fourth-order valence-electron chi connectivity index (χ4n) is 4.29. The second-order valence-electron chi connectivity index (χ2n) is 8.84. The summed E-state index contributed by atoms with van der Waals surface area (Å²) in [5.41, 5.74) is 5.11. The van der Waals surface area contributed by atoms with E-state index in [1.165, 1.54) is 11.8 Å². The molecule has 0 atom stereocenters. The molecule has 0 aromatic heterocycles. The van der Waals surface area contributed by atoms with Crippen LogP contribution in [0.1, 0.15) is 50.8 Å². The first-order valence-corrected chi connectivity index (χ1v) is 11.7. The van der Waals surface area contributed by atoms with Crippen molar-refractivity contribution in [2.75, 3.05) is 11.4 Å². The Morgan fingerprint density at radius 1 is 1.22 bits per heavy atom. The minimum absolute atomic E-state index is 0.179. The molecule has 32 heavy (non-hydrogen) atoms. The van der Waals surface area contributed by atoms with E-state index in [0.717, 1.165) is 41.0 Å². The van der Waals surface area contributed by atoms with E-state index in [9.17, 15) is 4.79 Å². The van der Waals surface area contributed by atoms with Crippen molar-refractivity contribution < 1.29 is 9.18 Å². The fraction of sp³-hybridized carbons (Fsp3) is 0.308. The molecule has 0 aliphatic carbocycles. The molecule has 4 rings (SSSR count). The predicted octanol–water partition coefficient (Wildman–Crippen LogP) is 6.44. The van der Waals surface area contributed by atoms with E-state index in [1.54, 1.807) is 12.1 Å². The van der Waals surface area contributed by atoms with Crippen LogP contribution in [0.15, 0.2) is 52.4 Å². The fourth-order valence-corrected chi connectivity index (χ4v) is 5.13. The standard InChI is InChI=1S/C26H28FN3OS/c1-6-10-30-22-14-21(27)18(12-20(22)17(3)15-26(30,4)5)13-23-24(31)29-25(32-23)28-19-9-7-8-16(2)11-19/h7-9,11-15H,6,10H2,1-5H3,(H,28,29,31)/b23-13+. The molecule has 1 N–H and O–H groups in total. The number of nitrogens with zero attached hydrogens (tertiary/aromatic N) is 2. The number of fused-ring (bicyclic) bond motifs is 1. The Kier molecular flexibility index (Phi) is 5.99. The number of carbonyl (C=O) groups is 1. The quantitative estimate of drug-likeness (QED) is 0.547. The summed E-state index contributed by atoms with van der Waals surface area (Å²) in [5, 5.41) is 3.28. The summed E-state index contributed by atoms with van der Waals surface area (Å²) >= 11 is 1.23. The molecule has 1 amide bonds. The largest absolute Gasteiger partial charge is 0.362 e. The van der Waals surface area contributed by atoms with E-state index in [2.05, 4.69) is 49.0 Å². The van der Waals surface area contributed by atoms with E-state index >= 15 is 4.39 Å². The molecule has 2 aliphatic rings. The maximum Gasteiger partial charge on any atom is 0.264 e. The van der Waals surface area contributed by atoms with Crippen molar-refractivity contribution in [2.24, 2.45) is 4.99 Å². The Labute approximate surface area is 193 Å². The van der Waals surface area contributed by atoms with E-state index in [4.69, 9.17) is 0 Å². The van der Waals surface area contributed by atoms with E-state index in [1.807, 2.05) is 37.3 Å². The van der Waals surface area contributed by atoms with Crippen LogP contribution in [0.5, 0.6) is 0 Å². The Balaban J connectivity index is 1.68. The van der Waals surface area contributed by atoms with Gasteiger partial charge in [0.15, 0.2) is 5.17 Å². The van der Waals surface area contributed by atoms with Crippen LogP contribution in [-0.2, 0) is 4.79 Å². The third kappa shape index (κ3) is 4.37. The van der Waals surface area contributed by atoms with Crippen LogP contribution >= 0.6 is 11.8 Å². The molecule has 1 fully saturated rings. The lowest BCUT2D eigenvalue weighted by molar-refractivity contribution is -0.115. The molecule has 2 heterocycles. The number of aliphatic imine (C=N–C) groups is 1. The molecular formula is C26H28FN3OS. The van der Waals surface area contributed by atoms with Crippen LogP contribution in [0.25, 0.3) is 11.6 Å². The number of thioether (sulfide) groups is 1. The number of halogens is 1. The van der Waals surface area contributed by atoms with Crippen molar-refractivity contribution in [3.8, 4) is 0 Å². The van der Waals surface area contributed by atoms with Crippen LogP contribution < -0.4 is 10.2 Å². The molecule has 2 aromatic carbocycles. The molecule has 166 valence electrons. The van der Waals surface area contributed by atoms with Crippen molar-refractivity contribution in [2.45, 2.75) is 46.6 Å².